The third-order valence-electron chi connectivity index (χ3n) is 5.54. The number of urea groups is 1. The van der Waals surface area contributed by atoms with Gasteiger partial charge in [0.05, 0.1) is 0 Å². The molecule has 0 spiro atoms. The van der Waals surface area contributed by atoms with Crippen LogP contribution in [-0.2, 0) is 16.1 Å². The van der Waals surface area contributed by atoms with Crippen LogP contribution in [0, 0.1) is 5.41 Å². The van der Waals surface area contributed by atoms with Gasteiger partial charge in [-0.05, 0) is 43.9 Å². The van der Waals surface area contributed by atoms with Gasteiger partial charge in [0.25, 0.3) is 0 Å². The predicted molar refractivity (Wildman–Crippen MR) is 108 cm³/mol. The van der Waals surface area contributed by atoms with Gasteiger partial charge in [0.2, 0.25) is 12.7 Å². The molecule has 2 N–H and O–H groups in total. The number of carbonyl (C=O) groups excluding carboxylic acids is 2. The Morgan fingerprint density at radius 3 is 2.69 bits per heavy atom. The van der Waals surface area contributed by atoms with Crippen LogP contribution in [0.4, 0.5) is 4.79 Å². The van der Waals surface area contributed by atoms with Crippen molar-refractivity contribution in [2.45, 2.75) is 39.7 Å². The summed E-state index contributed by atoms with van der Waals surface area (Å²) in [6.07, 6.45) is 2.09. The molecule has 2 heterocycles. The monoisotopic (exact) mass is 405 g/mol. The summed E-state index contributed by atoms with van der Waals surface area (Å²) < 4.78 is 16.0. The molecular formula is C21H31N3O5. The Hall–Kier alpha value is -2.48. The fourth-order valence-corrected chi connectivity index (χ4v) is 3.50. The molecule has 0 bridgehead atoms. The van der Waals surface area contributed by atoms with Gasteiger partial charge in [-0.15, -0.1) is 0 Å². The summed E-state index contributed by atoms with van der Waals surface area (Å²) in [6.45, 7) is 7.69. The van der Waals surface area contributed by atoms with Crippen molar-refractivity contribution in [3.8, 4) is 11.5 Å². The third-order valence-corrected chi connectivity index (χ3v) is 5.54. The lowest BCUT2D eigenvalue weighted by molar-refractivity contribution is -0.132. The van der Waals surface area contributed by atoms with E-state index in [1.54, 1.807) is 4.90 Å². The van der Waals surface area contributed by atoms with Crippen LogP contribution >= 0.6 is 0 Å². The molecule has 2 aliphatic rings. The third kappa shape index (κ3) is 5.53. The fourth-order valence-electron chi connectivity index (χ4n) is 3.50. The van der Waals surface area contributed by atoms with Crippen molar-refractivity contribution in [1.82, 2.24) is 15.5 Å². The summed E-state index contributed by atoms with van der Waals surface area (Å²) >= 11 is 0. The molecule has 1 fully saturated rings. The Kier molecular flexibility index (Phi) is 7.19. The van der Waals surface area contributed by atoms with Crippen molar-refractivity contribution >= 4 is 11.9 Å². The molecule has 3 amide bonds. The van der Waals surface area contributed by atoms with E-state index < -0.39 is 5.41 Å². The molecular weight excluding hydrogens is 374 g/mol. The first-order valence-electron chi connectivity index (χ1n) is 10.3. The number of fused-ring (bicyclic) bond motifs is 1. The van der Waals surface area contributed by atoms with Crippen LogP contribution in [-0.4, -0.2) is 56.5 Å². The number of nitrogens with zero attached hydrogens (tertiary/aromatic N) is 1. The standard InChI is InChI=1S/C21H31N3O5/c1-3-27-12-4-9-22-20(26)24-10-7-21(2,8-11-24)19(25)23-14-16-5-6-17-18(13-16)29-15-28-17/h5-6,13H,3-4,7-12,14-15H2,1-2H3,(H,22,26)(H,23,25). The highest BCUT2D eigenvalue weighted by molar-refractivity contribution is 5.83. The lowest BCUT2D eigenvalue weighted by Gasteiger charge is -2.38. The summed E-state index contributed by atoms with van der Waals surface area (Å²) in [4.78, 5) is 26.8. The second kappa shape index (κ2) is 9.82. The maximum atomic E-state index is 12.8. The van der Waals surface area contributed by atoms with E-state index >= 15 is 0 Å². The second-order valence-corrected chi connectivity index (χ2v) is 7.70. The molecule has 160 valence electrons. The molecule has 1 aromatic rings. The average molecular weight is 405 g/mol. The first-order valence-corrected chi connectivity index (χ1v) is 10.3. The first kappa shape index (κ1) is 21.2. The number of ether oxygens (including phenoxy) is 3. The largest absolute Gasteiger partial charge is 0.454 e. The van der Waals surface area contributed by atoms with Crippen molar-refractivity contribution in [1.29, 1.82) is 0 Å². The number of nitrogens with one attached hydrogen (secondary N) is 2. The number of likely N-dealkylation sites (tertiary alicyclic amines) is 1. The van der Waals surface area contributed by atoms with Crippen LogP contribution in [0.5, 0.6) is 11.5 Å². The van der Waals surface area contributed by atoms with Crippen LogP contribution in [0.15, 0.2) is 18.2 Å². The van der Waals surface area contributed by atoms with E-state index in [9.17, 15) is 9.59 Å². The maximum absolute atomic E-state index is 12.8. The van der Waals surface area contributed by atoms with Gasteiger partial charge >= 0.3 is 6.03 Å². The van der Waals surface area contributed by atoms with Gasteiger partial charge in [-0.1, -0.05) is 13.0 Å². The number of rotatable bonds is 8. The molecule has 1 aromatic carbocycles. The van der Waals surface area contributed by atoms with Crippen molar-refractivity contribution in [2.75, 3.05) is 39.6 Å². The van der Waals surface area contributed by atoms with Crippen LogP contribution in [0.3, 0.4) is 0 Å². The SMILES string of the molecule is CCOCCCNC(=O)N1CCC(C)(C(=O)NCc2ccc3c(c2)OCO3)CC1. The Balaban J connectivity index is 1.41. The number of piperidine rings is 1. The summed E-state index contributed by atoms with van der Waals surface area (Å²) in [5.41, 5.74) is 0.498. The Bertz CT molecular complexity index is 716. The number of carbonyl (C=O) groups is 2. The topological polar surface area (TPSA) is 89.1 Å². The van der Waals surface area contributed by atoms with Gasteiger partial charge < -0.3 is 29.7 Å². The minimum Gasteiger partial charge on any atom is -0.454 e. The zero-order valence-corrected chi connectivity index (χ0v) is 17.3. The lowest BCUT2D eigenvalue weighted by Crippen LogP contribution is -2.51. The van der Waals surface area contributed by atoms with Gasteiger partial charge in [-0.2, -0.15) is 0 Å². The highest BCUT2D eigenvalue weighted by Crippen LogP contribution is 2.33. The Morgan fingerprint density at radius 1 is 1.17 bits per heavy atom. The molecule has 3 rings (SSSR count). The highest BCUT2D eigenvalue weighted by Gasteiger charge is 2.37. The smallest absolute Gasteiger partial charge is 0.317 e. The fraction of sp³-hybridized carbons (Fsp3) is 0.619. The molecule has 0 unspecified atom stereocenters. The zero-order chi connectivity index (χ0) is 20.7. The van der Waals surface area contributed by atoms with Crippen LogP contribution in [0.25, 0.3) is 0 Å². The number of hydrogen-bond donors (Lipinski definition) is 2. The van der Waals surface area contributed by atoms with Crippen molar-refractivity contribution in [3.63, 3.8) is 0 Å². The van der Waals surface area contributed by atoms with Gasteiger partial charge in [0.1, 0.15) is 0 Å². The maximum Gasteiger partial charge on any atom is 0.317 e. The van der Waals surface area contributed by atoms with Crippen LogP contribution in [0.1, 0.15) is 38.7 Å². The molecule has 2 aliphatic heterocycles. The molecule has 1 saturated heterocycles. The quantitative estimate of drug-likeness (QED) is 0.648. The zero-order valence-electron chi connectivity index (χ0n) is 17.3. The molecule has 0 atom stereocenters. The van der Waals surface area contributed by atoms with Crippen LogP contribution < -0.4 is 20.1 Å². The predicted octanol–water partition coefficient (Wildman–Crippen LogP) is 2.27. The minimum atomic E-state index is -0.470. The molecule has 29 heavy (non-hydrogen) atoms. The van der Waals surface area contributed by atoms with E-state index in [0.717, 1.165) is 17.7 Å². The molecule has 8 nitrogen and oxygen atoms in total. The number of benzene rings is 1. The van der Waals surface area contributed by atoms with E-state index in [1.807, 2.05) is 32.0 Å². The highest BCUT2D eigenvalue weighted by atomic mass is 16.7. The Labute approximate surface area is 171 Å². The van der Waals surface area contributed by atoms with Gasteiger partial charge in [0.15, 0.2) is 11.5 Å². The van der Waals surface area contributed by atoms with Crippen molar-refractivity contribution in [2.24, 2.45) is 5.41 Å². The van der Waals surface area contributed by atoms with E-state index in [1.165, 1.54) is 0 Å². The van der Waals surface area contributed by atoms with Crippen LogP contribution in [0.2, 0.25) is 0 Å². The molecule has 0 radical (unpaired) electrons. The summed E-state index contributed by atoms with van der Waals surface area (Å²) in [6, 6.07) is 5.61. The first-order chi connectivity index (χ1) is 14.0. The summed E-state index contributed by atoms with van der Waals surface area (Å²) in [7, 11) is 0. The summed E-state index contributed by atoms with van der Waals surface area (Å²) in [5, 5.41) is 5.95. The average Bonchev–Trinajstić information content (AvgIpc) is 3.20. The van der Waals surface area contributed by atoms with Gasteiger partial charge in [-0.3, -0.25) is 4.79 Å². The normalized spacial score (nSPS) is 17.1. The second-order valence-electron chi connectivity index (χ2n) is 7.70. The Morgan fingerprint density at radius 2 is 1.93 bits per heavy atom. The van der Waals surface area contributed by atoms with E-state index in [0.29, 0.717) is 58.0 Å². The van der Waals surface area contributed by atoms with Gasteiger partial charge in [0, 0.05) is 44.8 Å². The molecule has 0 aliphatic carbocycles. The molecule has 8 heteroatoms. The number of amides is 3. The lowest BCUT2D eigenvalue weighted by atomic mass is 9.79. The van der Waals surface area contributed by atoms with E-state index in [-0.39, 0.29) is 18.7 Å². The molecule has 0 saturated carbocycles. The minimum absolute atomic E-state index is 0.0203. The summed E-state index contributed by atoms with van der Waals surface area (Å²) in [5.74, 6) is 1.46. The van der Waals surface area contributed by atoms with E-state index in [4.69, 9.17) is 14.2 Å². The van der Waals surface area contributed by atoms with E-state index in [2.05, 4.69) is 10.6 Å². The van der Waals surface area contributed by atoms with Gasteiger partial charge in [-0.25, -0.2) is 4.79 Å². The van der Waals surface area contributed by atoms with Crippen molar-refractivity contribution in [3.05, 3.63) is 23.8 Å². The molecule has 0 aromatic heterocycles. The number of hydrogen-bond acceptors (Lipinski definition) is 5. The van der Waals surface area contributed by atoms with Crippen molar-refractivity contribution < 1.29 is 23.8 Å².